The Labute approximate surface area is 94.3 Å². The molecule has 0 bridgehead atoms. The molecule has 1 saturated carbocycles. The molecule has 0 saturated heterocycles. The van der Waals surface area contributed by atoms with Gasteiger partial charge in [0.2, 0.25) is 0 Å². The highest BCUT2D eigenvalue weighted by Crippen LogP contribution is 2.28. The summed E-state index contributed by atoms with van der Waals surface area (Å²) in [4.78, 5) is 17.9. The van der Waals surface area contributed by atoms with Gasteiger partial charge in [0.1, 0.15) is 5.69 Å². The molecular formula is C11H14N4O. The third kappa shape index (κ3) is 2.22. The predicted octanol–water partition coefficient (Wildman–Crippen LogP) is 0.938. The third-order valence-corrected chi connectivity index (χ3v) is 2.64. The van der Waals surface area contributed by atoms with Crippen LogP contribution < -0.4 is 0 Å². The molecule has 84 valence electrons. The molecule has 1 aliphatic carbocycles. The molecule has 0 aliphatic heterocycles. The average Bonchev–Trinajstić information content (AvgIpc) is 3.01. The zero-order valence-corrected chi connectivity index (χ0v) is 9.26. The van der Waals surface area contributed by atoms with Crippen LogP contribution in [0.5, 0.6) is 0 Å². The molecule has 1 heterocycles. The maximum absolute atomic E-state index is 12.1. The number of rotatable bonds is 4. The SMILES string of the molecule is Cn1cnc(C(=O)N(CCC#N)C2CC2)c1. The molecule has 1 amide bonds. The van der Waals surface area contributed by atoms with Gasteiger partial charge in [-0.2, -0.15) is 5.26 Å². The number of nitrogens with zero attached hydrogens (tertiary/aromatic N) is 4. The molecule has 0 unspecified atom stereocenters. The maximum Gasteiger partial charge on any atom is 0.274 e. The number of nitriles is 1. The quantitative estimate of drug-likeness (QED) is 0.755. The number of hydrogen-bond donors (Lipinski definition) is 0. The minimum atomic E-state index is -0.0571. The van der Waals surface area contributed by atoms with E-state index in [0.717, 1.165) is 12.8 Å². The van der Waals surface area contributed by atoms with E-state index < -0.39 is 0 Å². The first-order chi connectivity index (χ1) is 7.72. The molecule has 0 atom stereocenters. The van der Waals surface area contributed by atoms with Crippen molar-refractivity contribution in [3.63, 3.8) is 0 Å². The van der Waals surface area contributed by atoms with E-state index in [2.05, 4.69) is 11.1 Å². The van der Waals surface area contributed by atoms with Gasteiger partial charge in [0.05, 0.1) is 18.8 Å². The van der Waals surface area contributed by atoms with Crippen LogP contribution in [0.15, 0.2) is 12.5 Å². The summed E-state index contributed by atoms with van der Waals surface area (Å²) in [6.45, 7) is 0.510. The first-order valence-corrected chi connectivity index (χ1v) is 5.38. The van der Waals surface area contributed by atoms with Crippen molar-refractivity contribution < 1.29 is 4.79 Å². The van der Waals surface area contributed by atoms with Crippen LogP contribution in [0.3, 0.4) is 0 Å². The highest BCUT2D eigenvalue weighted by Gasteiger charge is 2.33. The van der Waals surface area contributed by atoms with Gasteiger partial charge in [0.15, 0.2) is 0 Å². The van der Waals surface area contributed by atoms with Crippen molar-refractivity contribution in [2.24, 2.45) is 7.05 Å². The lowest BCUT2D eigenvalue weighted by Gasteiger charge is -2.19. The van der Waals surface area contributed by atoms with Gasteiger partial charge >= 0.3 is 0 Å². The van der Waals surface area contributed by atoms with Gasteiger partial charge in [-0.3, -0.25) is 4.79 Å². The van der Waals surface area contributed by atoms with E-state index in [9.17, 15) is 4.79 Å². The van der Waals surface area contributed by atoms with Crippen molar-refractivity contribution in [2.45, 2.75) is 25.3 Å². The first-order valence-electron chi connectivity index (χ1n) is 5.38. The molecule has 5 nitrogen and oxygen atoms in total. The van der Waals surface area contributed by atoms with Crippen LogP contribution in [-0.2, 0) is 7.05 Å². The van der Waals surface area contributed by atoms with Gasteiger partial charge < -0.3 is 9.47 Å². The summed E-state index contributed by atoms with van der Waals surface area (Å²) < 4.78 is 1.75. The van der Waals surface area contributed by atoms with Gasteiger partial charge in [-0.1, -0.05) is 0 Å². The van der Waals surface area contributed by atoms with E-state index in [1.54, 1.807) is 22.0 Å². The zero-order valence-electron chi connectivity index (χ0n) is 9.26. The molecule has 0 aromatic carbocycles. The molecule has 16 heavy (non-hydrogen) atoms. The fourth-order valence-electron chi connectivity index (χ4n) is 1.68. The van der Waals surface area contributed by atoms with E-state index in [0.29, 0.717) is 24.7 Å². The highest BCUT2D eigenvalue weighted by molar-refractivity contribution is 5.92. The Balaban J connectivity index is 2.08. The van der Waals surface area contributed by atoms with Crippen LogP contribution >= 0.6 is 0 Å². The number of carbonyl (C=O) groups excluding carboxylic acids is 1. The van der Waals surface area contributed by atoms with Crippen molar-refractivity contribution in [1.82, 2.24) is 14.5 Å². The molecule has 1 aliphatic rings. The number of aryl methyl sites for hydroxylation is 1. The van der Waals surface area contributed by atoms with E-state index in [4.69, 9.17) is 5.26 Å². The monoisotopic (exact) mass is 218 g/mol. The largest absolute Gasteiger partial charge is 0.340 e. The van der Waals surface area contributed by atoms with Crippen LogP contribution in [0.2, 0.25) is 0 Å². The molecule has 0 radical (unpaired) electrons. The van der Waals surface area contributed by atoms with Crippen molar-refractivity contribution in [1.29, 1.82) is 5.26 Å². The summed E-state index contributed by atoms with van der Waals surface area (Å²) in [6, 6.07) is 2.39. The number of hydrogen-bond acceptors (Lipinski definition) is 3. The smallest absolute Gasteiger partial charge is 0.274 e. The normalized spacial score (nSPS) is 14.5. The average molecular weight is 218 g/mol. The Morgan fingerprint density at radius 3 is 3.00 bits per heavy atom. The molecule has 1 aromatic rings. The Kier molecular flexibility index (Phi) is 2.91. The summed E-state index contributed by atoms with van der Waals surface area (Å²) in [5, 5.41) is 8.57. The molecular weight excluding hydrogens is 204 g/mol. The van der Waals surface area contributed by atoms with Crippen molar-refractivity contribution in [3.05, 3.63) is 18.2 Å². The number of amides is 1. The van der Waals surface area contributed by atoms with Gasteiger partial charge in [0.25, 0.3) is 5.91 Å². The second-order valence-electron chi connectivity index (χ2n) is 4.06. The van der Waals surface area contributed by atoms with E-state index in [1.165, 1.54) is 0 Å². The minimum Gasteiger partial charge on any atom is -0.340 e. The summed E-state index contributed by atoms with van der Waals surface area (Å²) in [5.74, 6) is -0.0571. The maximum atomic E-state index is 12.1. The Morgan fingerprint density at radius 2 is 2.50 bits per heavy atom. The van der Waals surface area contributed by atoms with Crippen LogP contribution in [0.1, 0.15) is 29.8 Å². The highest BCUT2D eigenvalue weighted by atomic mass is 16.2. The van der Waals surface area contributed by atoms with E-state index in [1.807, 2.05) is 7.05 Å². The fourth-order valence-corrected chi connectivity index (χ4v) is 1.68. The molecule has 2 rings (SSSR count). The Morgan fingerprint density at radius 1 is 1.75 bits per heavy atom. The van der Waals surface area contributed by atoms with E-state index in [-0.39, 0.29) is 5.91 Å². The Bertz CT molecular complexity index is 427. The first kappa shape index (κ1) is 10.7. The van der Waals surface area contributed by atoms with Crippen LogP contribution in [0.4, 0.5) is 0 Å². The number of carbonyl (C=O) groups is 1. The third-order valence-electron chi connectivity index (χ3n) is 2.64. The second-order valence-corrected chi connectivity index (χ2v) is 4.06. The van der Waals surface area contributed by atoms with Gasteiger partial charge in [-0.25, -0.2) is 4.98 Å². The van der Waals surface area contributed by atoms with Crippen LogP contribution in [0, 0.1) is 11.3 Å². The molecule has 1 fully saturated rings. The molecule has 0 N–H and O–H groups in total. The topological polar surface area (TPSA) is 61.9 Å². The van der Waals surface area contributed by atoms with Crippen molar-refractivity contribution in [3.8, 4) is 6.07 Å². The van der Waals surface area contributed by atoms with Crippen LogP contribution in [-0.4, -0.2) is 32.9 Å². The van der Waals surface area contributed by atoms with Crippen molar-refractivity contribution >= 4 is 5.91 Å². The lowest BCUT2D eigenvalue weighted by molar-refractivity contribution is 0.0741. The second kappa shape index (κ2) is 4.35. The minimum absolute atomic E-state index is 0.0571. The lowest BCUT2D eigenvalue weighted by Crippen LogP contribution is -2.34. The summed E-state index contributed by atoms with van der Waals surface area (Å²) in [5.41, 5.74) is 0.465. The number of aromatic nitrogens is 2. The molecule has 0 spiro atoms. The van der Waals surface area contributed by atoms with Gasteiger partial charge in [-0.15, -0.1) is 0 Å². The lowest BCUT2D eigenvalue weighted by atomic mass is 10.3. The molecule has 1 aromatic heterocycles. The predicted molar refractivity (Wildman–Crippen MR) is 57.5 cm³/mol. The summed E-state index contributed by atoms with van der Waals surface area (Å²) >= 11 is 0. The molecule has 5 heteroatoms. The Hall–Kier alpha value is -1.83. The standard InChI is InChI=1S/C11H14N4O/c1-14-7-10(13-8-14)11(16)15(6-2-5-12)9-3-4-9/h7-9H,2-4,6H2,1H3. The zero-order chi connectivity index (χ0) is 11.5. The van der Waals surface area contributed by atoms with Crippen LogP contribution in [0.25, 0.3) is 0 Å². The summed E-state index contributed by atoms with van der Waals surface area (Å²) in [6.07, 6.45) is 5.80. The van der Waals surface area contributed by atoms with Gasteiger partial charge in [-0.05, 0) is 12.8 Å². The summed E-state index contributed by atoms with van der Waals surface area (Å²) in [7, 11) is 1.83. The van der Waals surface area contributed by atoms with Gasteiger partial charge in [0, 0.05) is 25.8 Å². The number of imidazole rings is 1. The van der Waals surface area contributed by atoms with Crippen molar-refractivity contribution in [2.75, 3.05) is 6.54 Å². The van der Waals surface area contributed by atoms with E-state index >= 15 is 0 Å². The fraction of sp³-hybridized carbons (Fsp3) is 0.545.